The summed E-state index contributed by atoms with van der Waals surface area (Å²) in [5.74, 6) is -3.31. The molecule has 0 saturated carbocycles. The first-order valence-corrected chi connectivity index (χ1v) is 13.5. The molecule has 3 aliphatic heterocycles. The first kappa shape index (κ1) is 25.9. The third-order valence-electron chi connectivity index (χ3n) is 8.53. The second-order valence-electron chi connectivity index (χ2n) is 11.0. The van der Waals surface area contributed by atoms with Crippen molar-refractivity contribution in [1.29, 1.82) is 0 Å². The summed E-state index contributed by atoms with van der Waals surface area (Å²) in [6.45, 7) is 3.79. The van der Waals surface area contributed by atoms with Crippen molar-refractivity contribution in [2.45, 2.75) is 31.6 Å². The van der Waals surface area contributed by atoms with E-state index in [1.54, 1.807) is 48.5 Å². The topological polar surface area (TPSA) is 84.3 Å². The van der Waals surface area contributed by atoms with Gasteiger partial charge in [0, 0.05) is 11.6 Å². The first-order chi connectivity index (χ1) is 19.5. The number of aromatic nitrogens is 2. The van der Waals surface area contributed by atoms with Crippen LogP contribution in [0.5, 0.6) is 0 Å². The average molecular weight is 579 g/mol. The molecule has 7 nitrogen and oxygen atoms in total. The zero-order valence-electron chi connectivity index (χ0n) is 21.7. The van der Waals surface area contributed by atoms with Gasteiger partial charge in [0.25, 0.3) is 5.56 Å². The quantitative estimate of drug-likeness (QED) is 0.337. The van der Waals surface area contributed by atoms with Crippen molar-refractivity contribution >= 4 is 40.0 Å². The lowest BCUT2D eigenvalue weighted by Gasteiger charge is -2.32. The van der Waals surface area contributed by atoms with E-state index >= 15 is 0 Å². The molecular weight excluding hydrogens is 557 g/mol. The highest BCUT2D eigenvalue weighted by molar-refractivity contribution is 6.36. The van der Waals surface area contributed by atoms with Gasteiger partial charge in [-0.15, -0.1) is 0 Å². The second-order valence-corrected chi connectivity index (χ2v) is 11.4. The summed E-state index contributed by atoms with van der Waals surface area (Å²) in [5, 5.41) is 3.79. The van der Waals surface area contributed by atoms with Gasteiger partial charge in [0.05, 0.1) is 44.7 Å². The number of para-hydroxylation sites is 2. The highest BCUT2D eigenvalue weighted by atomic mass is 35.5. The highest BCUT2D eigenvalue weighted by Gasteiger charge is 2.70. The fourth-order valence-corrected chi connectivity index (χ4v) is 7.02. The Morgan fingerprint density at radius 1 is 0.951 bits per heavy atom. The molecule has 2 fully saturated rings. The number of carbonyl (C=O) groups excluding carboxylic acids is 2. The summed E-state index contributed by atoms with van der Waals surface area (Å²) in [5.41, 5.74) is -1.52. The van der Waals surface area contributed by atoms with Gasteiger partial charge in [-0.25, -0.2) is 9.88 Å². The molecule has 3 aliphatic rings. The molecular formula is C30H22ClF3N4O3. The van der Waals surface area contributed by atoms with Gasteiger partial charge in [-0.3, -0.25) is 24.3 Å². The zero-order chi connectivity index (χ0) is 29.0. The van der Waals surface area contributed by atoms with E-state index < -0.39 is 47.0 Å². The molecule has 2 saturated heterocycles. The molecule has 0 aliphatic carbocycles. The minimum Gasteiger partial charge on any atom is -0.296 e. The van der Waals surface area contributed by atoms with Crippen LogP contribution in [-0.2, 0) is 21.3 Å². The lowest BCUT2D eigenvalue weighted by atomic mass is 9.75. The van der Waals surface area contributed by atoms with Crippen molar-refractivity contribution in [2.24, 2.45) is 17.8 Å². The molecule has 4 heterocycles. The van der Waals surface area contributed by atoms with Crippen LogP contribution >= 0.6 is 11.6 Å². The summed E-state index contributed by atoms with van der Waals surface area (Å²) in [6, 6.07) is 16.0. The number of benzene rings is 3. The number of imide groups is 1. The van der Waals surface area contributed by atoms with E-state index in [9.17, 15) is 27.6 Å². The predicted molar refractivity (Wildman–Crippen MR) is 146 cm³/mol. The van der Waals surface area contributed by atoms with Crippen LogP contribution in [0.15, 0.2) is 71.5 Å². The minimum atomic E-state index is -4.71. The van der Waals surface area contributed by atoms with Crippen molar-refractivity contribution in [3.8, 4) is 5.69 Å². The number of hydrogen-bond donors (Lipinski definition) is 1. The van der Waals surface area contributed by atoms with Gasteiger partial charge in [-0.1, -0.05) is 55.8 Å². The molecule has 4 aromatic rings. The van der Waals surface area contributed by atoms with Crippen LogP contribution in [0.2, 0.25) is 5.02 Å². The summed E-state index contributed by atoms with van der Waals surface area (Å²) < 4.78 is 42.4. The number of nitrogens with zero attached hydrogens (tertiary/aromatic N) is 3. The van der Waals surface area contributed by atoms with Gasteiger partial charge < -0.3 is 0 Å². The number of hydrogen-bond acceptors (Lipinski definition) is 5. The smallest absolute Gasteiger partial charge is 0.296 e. The molecule has 7 rings (SSSR count). The van der Waals surface area contributed by atoms with Gasteiger partial charge in [-0.05, 0) is 42.3 Å². The number of rotatable bonds is 2. The summed E-state index contributed by atoms with van der Waals surface area (Å²) >= 11 is 6.33. The number of alkyl halides is 3. The van der Waals surface area contributed by atoms with E-state index in [1.807, 2.05) is 13.8 Å². The maximum Gasteiger partial charge on any atom is 0.416 e. The molecule has 0 radical (unpaired) electrons. The van der Waals surface area contributed by atoms with Crippen molar-refractivity contribution in [1.82, 2.24) is 14.9 Å². The molecule has 0 bridgehead atoms. The van der Waals surface area contributed by atoms with Gasteiger partial charge in [0.2, 0.25) is 11.8 Å². The number of fused-ring (bicyclic) bond motifs is 8. The molecule has 4 atom stereocenters. The van der Waals surface area contributed by atoms with E-state index in [1.165, 1.54) is 4.57 Å². The van der Waals surface area contributed by atoms with Gasteiger partial charge in [-0.2, -0.15) is 13.2 Å². The van der Waals surface area contributed by atoms with Crippen molar-refractivity contribution < 1.29 is 22.8 Å². The monoisotopic (exact) mass is 578 g/mol. The Labute approximate surface area is 236 Å². The normalized spacial score (nSPS) is 25.0. The summed E-state index contributed by atoms with van der Waals surface area (Å²) in [4.78, 5) is 48.0. The van der Waals surface area contributed by atoms with Crippen LogP contribution < -0.4 is 15.8 Å². The fourth-order valence-electron chi connectivity index (χ4n) is 6.82. The SMILES string of the molecule is CC(C)C1NC2(c3ccccc3-n3c2nc2ccccc2c3=O)[C@H]2C(=O)N(c3cc(C(F)(F)F)ccc3Cl)C(=O)[C@@H]12. The lowest BCUT2D eigenvalue weighted by Crippen LogP contribution is -2.51. The molecule has 2 unspecified atom stereocenters. The largest absolute Gasteiger partial charge is 0.416 e. The van der Waals surface area contributed by atoms with E-state index in [2.05, 4.69) is 5.32 Å². The maximum atomic E-state index is 14.4. The first-order valence-electron chi connectivity index (χ1n) is 13.1. The Hall–Kier alpha value is -4.02. The zero-order valence-corrected chi connectivity index (χ0v) is 22.5. The van der Waals surface area contributed by atoms with Gasteiger partial charge in [0.15, 0.2) is 0 Å². The predicted octanol–water partition coefficient (Wildman–Crippen LogP) is 5.05. The Balaban J connectivity index is 1.51. The van der Waals surface area contributed by atoms with Crippen LogP contribution in [-0.4, -0.2) is 27.4 Å². The highest BCUT2D eigenvalue weighted by Crippen LogP contribution is 2.57. The Kier molecular flexibility index (Phi) is 5.37. The van der Waals surface area contributed by atoms with Crippen LogP contribution in [0.3, 0.4) is 0 Å². The molecule has 41 heavy (non-hydrogen) atoms. The molecule has 1 spiro atoms. The molecule has 1 aromatic heterocycles. The molecule has 1 N–H and O–H groups in total. The lowest BCUT2D eigenvalue weighted by molar-refractivity contribution is -0.137. The van der Waals surface area contributed by atoms with E-state index in [0.717, 1.165) is 23.1 Å². The van der Waals surface area contributed by atoms with Crippen molar-refractivity contribution in [3.63, 3.8) is 0 Å². The van der Waals surface area contributed by atoms with E-state index in [4.69, 9.17) is 16.6 Å². The number of carbonyl (C=O) groups is 2. The Morgan fingerprint density at radius 3 is 2.39 bits per heavy atom. The van der Waals surface area contributed by atoms with Crippen LogP contribution in [0.1, 0.15) is 30.8 Å². The summed E-state index contributed by atoms with van der Waals surface area (Å²) in [6.07, 6.45) is -4.71. The minimum absolute atomic E-state index is 0.157. The Bertz CT molecular complexity index is 1870. The van der Waals surface area contributed by atoms with Crippen molar-refractivity contribution in [2.75, 3.05) is 4.90 Å². The third-order valence-corrected chi connectivity index (χ3v) is 8.85. The number of nitrogens with one attached hydrogen (secondary N) is 1. The fraction of sp³-hybridized carbons (Fsp3) is 0.267. The van der Waals surface area contributed by atoms with Crippen LogP contribution in [0.4, 0.5) is 18.9 Å². The van der Waals surface area contributed by atoms with Gasteiger partial charge >= 0.3 is 6.18 Å². The number of anilines is 1. The third kappa shape index (κ3) is 3.31. The maximum absolute atomic E-state index is 14.4. The van der Waals surface area contributed by atoms with E-state index in [0.29, 0.717) is 22.2 Å². The summed E-state index contributed by atoms with van der Waals surface area (Å²) in [7, 11) is 0. The Morgan fingerprint density at radius 2 is 1.66 bits per heavy atom. The molecule has 208 valence electrons. The van der Waals surface area contributed by atoms with Crippen molar-refractivity contribution in [3.05, 3.63) is 99.1 Å². The van der Waals surface area contributed by atoms with Crippen LogP contribution in [0.25, 0.3) is 16.6 Å². The second kappa shape index (κ2) is 8.50. The molecule has 3 aromatic carbocycles. The molecule has 11 heteroatoms. The average Bonchev–Trinajstić information content (AvgIpc) is 3.52. The number of halogens is 4. The molecule has 2 amide bonds. The number of amides is 2. The standard InChI is InChI=1S/C30H22ClF3N4O3/c1-14(2)24-22-23(27(41)37(26(22)40)21-13-15(30(32,33)34)11-12-18(21)31)29(36-24)17-8-4-6-10-20(17)38-25(39)16-7-3-5-9-19(16)35-28(29)38/h3-14,22-24,36H,1-2H3/t22-,23-,24?,29?/m1/s1. The van der Waals surface area contributed by atoms with Gasteiger partial charge in [0.1, 0.15) is 11.4 Å². The van der Waals surface area contributed by atoms with Crippen LogP contribution in [0, 0.1) is 17.8 Å². The van der Waals surface area contributed by atoms with E-state index in [-0.39, 0.29) is 28.0 Å².